The van der Waals surface area contributed by atoms with Gasteiger partial charge in [-0.05, 0) is 25.0 Å². The fraction of sp³-hybridized carbons (Fsp3) is 0.615. The number of ether oxygens (including phenoxy) is 1. The zero-order valence-electron chi connectivity index (χ0n) is 10.9. The van der Waals surface area contributed by atoms with Gasteiger partial charge in [0.2, 0.25) is 0 Å². The Morgan fingerprint density at radius 3 is 2.82 bits per heavy atom. The van der Waals surface area contributed by atoms with E-state index >= 15 is 0 Å². The van der Waals surface area contributed by atoms with Crippen molar-refractivity contribution in [1.29, 1.82) is 0 Å². The van der Waals surface area contributed by atoms with E-state index in [1.165, 1.54) is 0 Å². The molecule has 1 fully saturated rings. The Morgan fingerprint density at radius 2 is 2.24 bits per heavy atom. The third-order valence-corrected chi connectivity index (χ3v) is 3.98. The van der Waals surface area contributed by atoms with Gasteiger partial charge in [0, 0.05) is 24.8 Å². The van der Waals surface area contributed by atoms with Crippen LogP contribution < -0.4 is 11.1 Å². The first-order valence-electron chi connectivity index (χ1n) is 5.97. The lowest BCUT2D eigenvalue weighted by molar-refractivity contribution is -0.0795. The Hall–Kier alpha value is -1.29. The second-order valence-electron chi connectivity index (χ2n) is 5.37. The average molecular weight is 235 g/mol. The van der Waals surface area contributed by atoms with Gasteiger partial charge in [-0.15, -0.1) is 0 Å². The van der Waals surface area contributed by atoms with Gasteiger partial charge >= 0.3 is 0 Å². The first-order valence-corrected chi connectivity index (χ1v) is 5.97. The first-order chi connectivity index (χ1) is 7.96. The molecule has 2 atom stereocenters. The van der Waals surface area contributed by atoms with Crippen LogP contribution in [-0.4, -0.2) is 24.2 Å². The largest absolute Gasteiger partial charge is 0.396 e. The molecule has 1 heterocycles. The van der Waals surface area contributed by atoms with Crippen molar-refractivity contribution in [3.8, 4) is 0 Å². The number of nitrogens with one attached hydrogen (secondary N) is 1. The van der Waals surface area contributed by atoms with Crippen molar-refractivity contribution in [3.05, 3.63) is 17.8 Å². The minimum Gasteiger partial charge on any atom is -0.396 e. The van der Waals surface area contributed by atoms with E-state index in [1.54, 1.807) is 13.3 Å². The molecule has 0 amide bonds. The van der Waals surface area contributed by atoms with Crippen LogP contribution in [0.25, 0.3) is 0 Å². The third kappa shape index (κ3) is 1.97. The van der Waals surface area contributed by atoms with Crippen LogP contribution >= 0.6 is 0 Å². The molecule has 0 bridgehead atoms. The number of anilines is 2. The molecule has 1 aromatic heterocycles. The molecule has 1 aliphatic rings. The van der Waals surface area contributed by atoms with Crippen molar-refractivity contribution in [2.24, 2.45) is 5.41 Å². The highest BCUT2D eigenvalue weighted by Gasteiger charge is 2.48. The summed E-state index contributed by atoms with van der Waals surface area (Å²) in [5, 5.41) is 3.43. The summed E-state index contributed by atoms with van der Waals surface area (Å²) in [6, 6.07) is 2.29. The molecule has 0 saturated heterocycles. The van der Waals surface area contributed by atoms with Crippen LogP contribution in [0.3, 0.4) is 0 Å². The molecule has 94 valence electrons. The van der Waals surface area contributed by atoms with Crippen LogP contribution in [0.4, 0.5) is 11.5 Å². The van der Waals surface area contributed by atoms with Crippen LogP contribution in [0.2, 0.25) is 0 Å². The second kappa shape index (κ2) is 4.18. The van der Waals surface area contributed by atoms with Crippen LogP contribution in [-0.2, 0) is 4.74 Å². The number of aryl methyl sites for hydroxylation is 1. The van der Waals surface area contributed by atoms with Crippen molar-refractivity contribution in [2.45, 2.75) is 39.3 Å². The molecule has 1 saturated carbocycles. The highest BCUT2D eigenvalue weighted by Crippen LogP contribution is 2.44. The molecule has 2 unspecified atom stereocenters. The fourth-order valence-electron chi connectivity index (χ4n) is 2.38. The van der Waals surface area contributed by atoms with E-state index in [0.29, 0.717) is 12.1 Å². The zero-order chi connectivity index (χ0) is 12.6. The van der Waals surface area contributed by atoms with Crippen molar-refractivity contribution in [2.75, 3.05) is 18.2 Å². The van der Waals surface area contributed by atoms with Crippen LogP contribution in [0.15, 0.2) is 12.3 Å². The molecule has 4 nitrogen and oxygen atoms in total. The fourth-order valence-corrected chi connectivity index (χ4v) is 2.38. The van der Waals surface area contributed by atoms with Gasteiger partial charge in [0.25, 0.3) is 0 Å². The molecule has 1 aromatic rings. The number of hydrogen-bond donors (Lipinski definition) is 2. The van der Waals surface area contributed by atoms with Crippen molar-refractivity contribution in [3.63, 3.8) is 0 Å². The molecule has 0 aromatic carbocycles. The summed E-state index contributed by atoms with van der Waals surface area (Å²) in [4.78, 5) is 4.30. The van der Waals surface area contributed by atoms with Gasteiger partial charge in [0.1, 0.15) is 5.82 Å². The van der Waals surface area contributed by atoms with E-state index in [-0.39, 0.29) is 5.41 Å². The summed E-state index contributed by atoms with van der Waals surface area (Å²) in [5.74, 6) is 0.789. The number of aromatic nitrogens is 1. The number of pyridine rings is 1. The zero-order valence-corrected chi connectivity index (χ0v) is 10.9. The van der Waals surface area contributed by atoms with Crippen LogP contribution in [0.1, 0.15) is 25.8 Å². The standard InChI is InChI=1S/C13H21N3O/c1-8-5-6-15-12(11(8)14)16-9-7-10(17-4)13(9,2)3/h5-6,9-10H,7,14H2,1-4H3,(H,15,16). The van der Waals surface area contributed by atoms with E-state index in [9.17, 15) is 0 Å². The molecule has 0 spiro atoms. The summed E-state index contributed by atoms with van der Waals surface area (Å²) in [6.45, 7) is 6.40. The lowest BCUT2D eigenvalue weighted by atomic mass is 9.64. The topological polar surface area (TPSA) is 60.2 Å². The Labute approximate surface area is 103 Å². The molecule has 3 N–H and O–H groups in total. The summed E-state index contributed by atoms with van der Waals surface area (Å²) < 4.78 is 5.43. The Morgan fingerprint density at radius 1 is 1.53 bits per heavy atom. The number of nitrogen functional groups attached to an aromatic ring is 1. The maximum Gasteiger partial charge on any atom is 0.149 e. The number of nitrogens with zero attached hydrogens (tertiary/aromatic N) is 1. The summed E-state index contributed by atoms with van der Waals surface area (Å²) in [5.41, 5.74) is 7.93. The lowest BCUT2D eigenvalue weighted by Gasteiger charge is -2.51. The predicted molar refractivity (Wildman–Crippen MR) is 70.0 cm³/mol. The third-order valence-electron chi connectivity index (χ3n) is 3.98. The summed E-state index contributed by atoms with van der Waals surface area (Å²) in [7, 11) is 1.77. The van der Waals surface area contributed by atoms with E-state index in [4.69, 9.17) is 10.5 Å². The van der Waals surface area contributed by atoms with Gasteiger partial charge in [-0.25, -0.2) is 4.98 Å². The lowest BCUT2D eigenvalue weighted by Crippen LogP contribution is -2.57. The van der Waals surface area contributed by atoms with Gasteiger partial charge in [-0.3, -0.25) is 0 Å². The van der Waals surface area contributed by atoms with Crippen molar-refractivity contribution < 1.29 is 4.74 Å². The first kappa shape index (κ1) is 12.2. The van der Waals surface area contributed by atoms with Crippen LogP contribution in [0.5, 0.6) is 0 Å². The maximum atomic E-state index is 6.01. The highest BCUT2D eigenvalue weighted by molar-refractivity contribution is 5.65. The molecule has 0 radical (unpaired) electrons. The number of rotatable bonds is 3. The maximum absolute atomic E-state index is 6.01. The molecule has 0 aliphatic heterocycles. The van der Waals surface area contributed by atoms with Gasteiger partial charge in [-0.2, -0.15) is 0 Å². The average Bonchev–Trinajstić information content (AvgIpc) is 2.29. The van der Waals surface area contributed by atoms with Crippen molar-refractivity contribution in [1.82, 2.24) is 4.98 Å². The van der Waals surface area contributed by atoms with Gasteiger partial charge in [-0.1, -0.05) is 13.8 Å². The van der Waals surface area contributed by atoms with Gasteiger partial charge in [0.15, 0.2) is 0 Å². The minimum absolute atomic E-state index is 0.118. The Bertz CT molecular complexity index is 417. The Balaban J connectivity index is 2.11. The van der Waals surface area contributed by atoms with Gasteiger partial charge < -0.3 is 15.8 Å². The molecule has 4 heteroatoms. The molecule has 2 rings (SSSR count). The number of hydrogen-bond acceptors (Lipinski definition) is 4. The minimum atomic E-state index is 0.118. The smallest absolute Gasteiger partial charge is 0.149 e. The summed E-state index contributed by atoms with van der Waals surface area (Å²) >= 11 is 0. The van der Waals surface area contributed by atoms with Gasteiger partial charge in [0.05, 0.1) is 11.8 Å². The van der Waals surface area contributed by atoms with E-state index in [0.717, 1.165) is 23.5 Å². The van der Waals surface area contributed by atoms with E-state index < -0.39 is 0 Å². The molecule has 1 aliphatic carbocycles. The normalized spacial score (nSPS) is 26.4. The molecular formula is C13H21N3O. The number of nitrogens with two attached hydrogens (primary N) is 1. The molecule has 17 heavy (non-hydrogen) atoms. The SMILES string of the molecule is COC1CC(Nc2nccc(C)c2N)C1(C)C. The van der Waals surface area contributed by atoms with E-state index in [1.807, 2.05) is 13.0 Å². The van der Waals surface area contributed by atoms with Crippen molar-refractivity contribution >= 4 is 11.5 Å². The number of methoxy groups -OCH3 is 1. The van der Waals surface area contributed by atoms with Crippen LogP contribution in [0, 0.1) is 12.3 Å². The second-order valence-corrected chi connectivity index (χ2v) is 5.37. The predicted octanol–water partition coefficient (Wildman–Crippen LogP) is 2.20. The summed E-state index contributed by atoms with van der Waals surface area (Å²) in [6.07, 6.45) is 3.09. The monoisotopic (exact) mass is 235 g/mol. The highest BCUT2D eigenvalue weighted by atomic mass is 16.5. The van der Waals surface area contributed by atoms with E-state index in [2.05, 4.69) is 24.1 Å². The molecular weight excluding hydrogens is 214 g/mol. The quantitative estimate of drug-likeness (QED) is 0.843. The Kier molecular flexibility index (Phi) is 3.00.